The highest BCUT2D eigenvalue weighted by Crippen LogP contribution is 2.23. The van der Waals surface area contributed by atoms with Gasteiger partial charge in [-0.1, -0.05) is 69.2 Å². The number of benzene rings is 3. The standard InChI is InChI=1S/C31H34FNO2/c1-4-6-7-8-21-33(28-19-20-30(32)29(22-28)31(34)35-3)23-27-17-15-26(16-18-27)14-13-25-11-9-24(5-2)10-12-25/h9-12,15-20,22H,4-8,21,23H2,1-3H3. The summed E-state index contributed by atoms with van der Waals surface area (Å²) in [4.78, 5) is 14.2. The van der Waals surface area contributed by atoms with Crippen molar-refractivity contribution in [2.75, 3.05) is 18.6 Å². The number of carbonyl (C=O) groups excluding carboxylic acids is 1. The predicted molar refractivity (Wildman–Crippen MR) is 141 cm³/mol. The summed E-state index contributed by atoms with van der Waals surface area (Å²) in [5.41, 5.74) is 5.16. The molecule has 0 aliphatic rings. The molecule has 0 aliphatic heterocycles. The van der Waals surface area contributed by atoms with Gasteiger partial charge < -0.3 is 9.64 Å². The summed E-state index contributed by atoms with van der Waals surface area (Å²) >= 11 is 0. The number of ether oxygens (including phenoxy) is 1. The van der Waals surface area contributed by atoms with E-state index in [0.717, 1.165) is 54.6 Å². The van der Waals surface area contributed by atoms with E-state index in [2.05, 4.69) is 67.0 Å². The molecule has 0 heterocycles. The van der Waals surface area contributed by atoms with E-state index in [0.29, 0.717) is 6.54 Å². The lowest BCUT2D eigenvalue weighted by Gasteiger charge is -2.26. The van der Waals surface area contributed by atoms with Crippen LogP contribution in [-0.4, -0.2) is 19.6 Å². The lowest BCUT2D eigenvalue weighted by atomic mass is 10.1. The Kier molecular flexibility index (Phi) is 9.93. The minimum atomic E-state index is -0.664. The van der Waals surface area contributed by atoms with Gasteiger partial charge in [-0.05, 0) is 66.4 Å². The van der Waals surface area contributed by atoms with Crippen LogP contribution in [0.3, 0.4) is 0 Å². The molecule has 3 aromatic carbocycles. The Balaban J connectivity index is 1.76. The SMILES string of the molecule is CCCCCCN(Cc1ccc(C#Cc2ccc(CC)cc2)cc1)c1ccc(F)c(C(=O)OC)c1. The molecule has 0 aromatic heterocycles. The molecule has 0 amide bonds. The Hall–Kier alpha value is -3.58. The molecule has 0 saturated carbocycles. The minimum Gasteiger partial charge on any atom is -0.465 e. The van der Waals surface area contributed by atoms with Crippen LogP contribution in [0.15, 0.2) is 66.7 Å². The zero-order valence-electron chi connectivity index (χ0n) is 20.9. The zero-order valence-corrected chi connectivity index (χ0v) is 20.9. The third-order valence-electron chi connectivity index (χ3n) is 6.04. The van der Waals surface area contributed by atoms with Gasteiger partial charge in [0.1, 0.15) is 5.82 Å². The maximum absolute atomic E-state index is 14.2. The van der Waals surface area contributed by atoms with Crippen LogP contribution in [0.4, 0.5) is 10.1 Å². The molecular weight excluding hydrogens is 437 g/mol. The van der Waals surface area contributed by atoms with Gasteiger partial charge in [0.25, 0.3) is 0 Å². The van der Waals surface area contributed by atoms with Crippen molar-refractivity contribution in [2.24, 2.45) is 0 Å². The van der Waals surface area contributed by atoms with Gasteiger partial charge >= 0.3 is 5.97 Å². The number of anilines is 1. The number of hydrogen-bond donors (Lipinski definition) is 0. The summed E-state index contributed by atoms with van der Waals surface area (Å²) in [6.45, 7) is 5.81. The van der Waals surface area contributed by atoms with E-state index in [4.69, 9.17) is 4.74 Å². The molecule has 0 N–H and O–H groups in total. The van der Waals surface area contributed by atoms with Gasteiger partial charge in [-0.3, -0.25) is 0 Å². The van der Waals surface area contributed by atoms with Crippen molar-refractivity contribution in [3.05, 3.63) is 100 Å². The number of esters is 1. The van der Waals surface area contributed by atoms with E-state index in [9.17, 15) is 9.18 Å². The number of unbranched alkanes of at least 4 members (excludes halogenated alkanes) is 3. The van der Waals surface area contributed by atoms with Crippen LogP contribution >= 0.6 is 0 Å². The van der Waals surface area contributed by atoms with Crippen molar-refractivity contribution in [3.63, 3.8) is 0 Å². The fourth-order valence-electron chi connectivity index (χ4n) is 3.89. The maximum atomic E-state index is 14.2. The predicted octanol–water partition coefficient (Wildman–Crippen LogP) is 7.16. The summed E-state index contributed by atoms with van der Waals surface area (Å²) in [6.07, 6.45) is 5.52. The van der Waals surface area contributed by atoms with E-state index >= 15 is 0 Å². The topological polar surface area (TPSA) is 29.5 Å². The summed E-state index contributed by atoms with van der Waals surface area (Å²) in [6, 6.07) is 21.2. The van der Waals surface area contributed by atoms with Crippen LogP contribution in [0.2, 0.25) is 0 Å². The molecule has 0 radical (unpaired) electrons. The lowest BCUT2D eigenvalue weighted by Crippen LogP contribution is -2.24. The van der Waals surface area contributed by atoms with E-state index in [-0.39, 0.29) is 5.56 Å². The largest absolute Gasteiger partial charge is 0.465 e. The number of methoxy groups -OCH3 is 1. The molecule has 3 aromatic rings. The van der Waals surface area contributed by atoms with E-state index in [1.807, 2.05) is 12.1 Å². The number of halogens is 1. The van der Waals surface area contributed by atoms with Gasteiger partial charge in [-0.25, -0.2) is 9.18 Å². The highest BCUT2D eigenvalue weighted by molar-refractivity contribution is 5.90. The van der Waals surface area contributed by atoms with Crippen molar-refractivity contribution in [1.29, 1.82) is 0 Å². The maximum Gasteiger partial charge on any atom is 0.340 e. The molecule has 0 saturated heterocycles. The Morgan fingerprint density at radius 1 is 0.857 bits per heavy atom. The van der Waals surface area contributed by atoms with Gasteiger partial charge in [-0.2, -0.15) is 0 Å². The van der Waals surface area contributed by atoms with Gasteiger partial charge in [0.2, 0.25) is 0 Å². The fraction of sp³-hybridized carbons (Fsp3) is 0.323. The molecule has 0 bridgehead atoms. The van der Waals surface area contributed by atoms with Crippen LogP contribution < -0.4 is 4.90 Å². The summed E-state index contributed by atoms with van der Waals surface area (Å²) in [5, 5.41) is 0. The average Bonchev–Trinajstić information content (AvgIpc) is 2.90. The Bertz CT molecular complexity index is 1160. The summed E-state index contributed by atoms with van der Waals surface area (Å²) < 4.78 is 18.9. The van der Waals surface area contributed by atoms with Gasteiger partial charge in [-0.15, -0.1) is 0 Å². The molecular formula is C31H34FNO2. The van der Waals surface area contributed by atoms with Crippen molar-refractivity contribution in [3.8, 4) is 11.8 Å². The third kappa shape index (κ3) is 7.72. The molecule has 3 nitrogen and oxygen atoms in total. The minimum absolute atomic E-state index is 0.0406. The molecule has 0 fully saturated rings. The van der Waals surface area contributed by atoms with E-state index in [1.165, 1.54) is 25.2 Å². The molecule has 4 heteroatoms. The second kappa shape index (κ2) is 13.3. The molecule has 3 rings (SSSR count). The van der Waals surface area contributed by atoms with Crippen LogP contribution in [0.5, 0.6) is 0 Å². The molecule has 0 atom stereocenters. The quantitative estimate of drug-likeness (QED) is 0.178. The number of hydrogen-bond acceptors (Lipinski definition) is 3. The normalized spacial score (nSPS) is 10.4. The number of nitrogens with zero attached hydrogens (tertiary/aromatic N) is 1. The zero-order chi connectivity index (χ0) is 25.0. The van der Waals surface area contributed by atoms with Gasteiger partial charge in [0, 0.05) is 29.9 Å². The van der Waals surface area contributed by atoms with Crippen molar-refractivity contribution in [2.45, 2.75) is 52.5 Å². The number of carbonyl (C=O) groups is 1. The van der Waals surface area contributed by atoms with Gasteiger partial charge in [0.15, 0.2) is 0 Å². The van der Waals surface area contributed by atoms with Crippen LogP contribution in [0.25, 0.3) is 0 Å². The van der Waals surface area contributed by atoms with E-state index in [1.54, 1.807) is 12.1 Å². The lowest BCUT2D eigenvalue weighted by molar-refractivity contribution is 0.0595. The van der Waals surface area contributed by atoms with E-state index < -0.39 is 11.8 Å². The molecule has 0 spiro atoms. The molecule has 35 heavy (non-hydrogen) atoms. The number of rotatable bonds is 10. The first-order chi connectivity index (χ1) is 17.0. The van der Waals surface area contributed by atoms with Crippen molar-refractivity contribution >= 4 is 11.7 Å². The van der Waals surface area contributed by atoms with Gasteiger partial charge in [0.05, 0.1) is 12.7 Å². The second-order valence-electron chi connectivity index (χ2n) is 8.64. The summed E-state index contributed by atoms with van der Waals surface area (Å²) in [7, 11) is 1.27. The van der Waals surface area contributed by atoms with Crippen molar-refractivity contribution in [1.82, 2.24) is 0 Å². The van der Waals surface area contributed by atoms with Crippen LogP contribution in [-0.2, 0) is 17.7 Å². The average molecular weight is 472 g/mol. The highest BCUT2D eigenvalue weighted by atomic mass is 19.1. The highest BCUT2D eigenvalue weighted by Gasteiger charge is 2.16. The van der Waals surface area contributed by atoms with Crippen LogP contribution in [0.1, 0.15) is 72.1 Å². The number of aryl methyl sites for hydroxylation is 1. The van der Waals surface area contributed by atoms with Crippen molar-refractivity contribution < 1.29 is 13.9 Å². The first-order valence-corrected chi connectivity index (χ1v) is 12.4. The smallest absolute Gasteiger partial charge is 0.340 e. The first kappa shape index (κ1) is 26.0. The molecule has 182 valence electrons. The third-order valence-corrected chi connectivity index (χ3v) is 6.04. The summed E-state index contributed by atoms with van der Waals surface area (Å²) in [5.74, 6) is 5.23. The first-order valence-electron chi connectivity index (χ1n) is 12.4. The molecule has 0 unspecified atom stereocenters. The Labute approximate surface area is 208 Å². The second-order valence-corrected chi connectivity index (χ2v) is 8.64. The van der Waals surface area contributed by atoms with Crippen LogP contribution in [0, 0.1) is 17.7 Å². The fourth-order valence-corrected chi connectivity index (χ4v) is 3.89. The Morgan fingerprint density at radius 2 is 1.49 bits per heavy atom. The Morgan fingerprint density at radius 3 is 2.06 bits per heavy atom. The molecule has 0 aliphatic carbocycles. The monoisotopic (exact) mass is 471 g/mol.